The summed E-state index contributed by atoms with van der Waals surface area (Å²) in [6.45, 7) is 7.85. The molecule has 0 aromatic heterocycles. The summed E-state index contributed by atoms with van der Waals surface area (Å²) >= 11 is 0. The molecule has 0 saturated carbocycles. The van der Waals surface area contributed by atoms with Gasteiger partial charge in [-0.15, -0.1) is 0 Å². The second kappa shape index (κ2) is 6.88. The Hall–Kier alpha value is -1.36. The maximum absolute atomic E-state index is 10.4. The van der Waals surface area contributed by atoms with Crippen LogP contribution in [0.2, 0.25) is 0 Å². The van der Waals surface area contributed by atoms with Crippen LogP contribution in [0, 0.1) is 0 Å². The van der Waals surface area contributed by atoms with Crippen LogP contribution in [0.1, 0.15) is 18.9 Å². The van der Waals surface area contributed by atoms with Crippen molar-refractivity contribution in [3.05, 3.63) is 42.5 Å². The summed E-state index contributed by atoms with van der Waals surface area (Å²) in [4.78, 5) is 0. The first-order valence-corrected chi connectivity index (χ1v) is 7.02. The van der Waals surface area contributed by atoms with Gasteiger partial charge in [-0.2, -0.15) is 0 Å². The fourth-order valence-electron chi connectivity index (χ4n) is 2.36. The molecule has 1 heterocycles. The lowest BCUT2D eigenvalue weighted by Crippen LogP contribution is -2.45. The summed E-state index contributed by atoms with van der Waals surface area (Å²) in [6.07, 6.45) is 2.28. The van der Waals surface area contributed by atoms with Gasteiger partial charge in [-0.1, -0.05) is 30.9 Å². The third kappa shape index (κ3) is 3.60. The van der Waals surface area contributed by atoms with Crippen LogP contribution in [0.3, 0.4) is 0 Å². The molecule has 0 bridgehead atoms. The zero-order valence-electron chi connectivity index (χ0n) is 12.0. The molecule has 0 amide bonds. The SMILES string of the molecule is C=CCOc1ccccc1CNCC1(O)CCOC1C. The van der Waals surface area contributed by atoms with Crippen molar-refractivity contribution in [1.82, 2.24) is 5.32 Å². The molecule has 1 aliphatic rings. The Kier molecular flexibility index (Phi) is 5.17. The Labute approximate surface area is 120 Å². The van der Waals surface area contributed by atoms with Crippen LogP contribution in [0.4, 0.5) is 0 Å². The number of hydrogen-bond donors (Lipinski definition) is 2. The summed E-state index contributed by atoms with van der Waals surface area (Å²) in [7, 11) is 0. The van der Waals surface area contributed by atoms with E-state index in [1.165, 1.54) is 0 Å². The van der Waals surface area contributed by atoms with E-state index in [9.17, 15) is 5.11 Å². The fraction of sp³-hybridized carbons (Fsp3) is 0.500. The van der Waals surface area contributed by atoms with E-state index in [0.29, 0.717) is 32.7 Å². The highest BCUT2D eigenvalue weighted by Crippen LogP contribution is 2.25. The first-order chi connectivity index (χ1) is 9.65. The molecule has 0 radical (unpaired) electrons. The molecule has 110 valence electrons. The molecule has 2 unspecified atom stereocenters. The maximum Gasteiger partial charge on any atom is 0.124 e. The van der Waals surface area contributed by atoms with E-state index in [1.54, 1.807) is 6.08 Å². The second-order valence-electron chi connectivity index (χ2n) is 5.18. The van der Waals surface area contributed by atoms with Gasteiger partial charge in [-0.3, -0.25) is 0 Å². The molecule has 2 N–H and O–H groups in total. The Morgan fingerprint density at radius 3 is 3.05 bits per heavy atom. The first kappa shape index (κ1) is 15.0. The van der Waals surface area contributed by atoms with E-state index in [1.807, 2.05) is 31.2 Å². The molecule has 1 aromatic rings. The Morgan fingerprint density at radius 1 is 1.55 bits per heavy atom. The normalized spacial score (nSPS) is 25.6. The smallest absolute Gasteiger partial charge is 0.124 e. The summed E-state index contributed by atoms with van der Waals surface area (Å²) in [5.74, 6) is 0.850. The molecular formula is C16H23NO3. The van der Waals surface area contributed by atoms with E-state index in [0.717, 1.165) is 11.3 Å². The van der Waals surface area contributed by atoms with Crippen molar-refractivity contribution in [2.45, 2.75) is 31.6 Å². The predicted octanol–water partition coefficient (Wildman–Crippen LogP) is 1.88. The zero-order chi connectivity index (χ0) is 14.4. The topological polar surface area (TPSA) is 50.7 Å². The van der Waals surface area contributed by atoms with E-state index in [2.05, 4.69) is 11.9 Å². The minimum absolute atomic E-state index is 0.123. The van der Waals surface area contributed by atoms with Crippen LogP contribution in [0.25, 0.3) is 0 Å². The van der Waals surface area contributed by atoms with Crippen molar-refractivity contribution < 1.29 is 14.6 Å². The number of aliphatic hydroxyl groups is 1. The number of ether oxygens (including phenoxy) is 2. The first-order valence-electron chi connectivity index (χ1n) is 7.02. The van der Waals surface area contributed by atoms with E-state index < -0.39 is 5.60 Å². The molecule has 1 aromatic carbocycles. The number of rotatable bonds is 7. The Bertz CT molecular complexity index is 449. The standard InChI is InChI=1S/C16H23NO3/c1-3-9-20-15-7-5-4-6-14(15)11-17-12-16(18)8-10-19-13(16)2/h3-7,13,17-18H,1,8-12H2,2H3. The van der Waals surface area contributed by atoms with Crippen LogP contribution in [0.5, 0.6) is 5.75 Å². The molecule has 2 atom stereocenters. The lowest BCUT2D eigenvalue weighted by molar-refractivity contribution is -0.0263. The van der Waals surface area contributed by atoms with Gasteiger partial charge < -0.3 is 19.9 Å². The summed E-state index contributed by atoms with van der Waals surface area (Å²) in [5.41, 5.74) is 0.307. The van der Waals surface area contributed by atoms with Crippen molar-refractivity contribution in [1.29, 1.82) is 0 Å². The van der Waals surface area contributed by atoms with Gasteiger partial charge in [0.25, 0.3) is 0 Å². The molecule has 0 aliphatic carbocycles. The van der Waals surface area contributed by atoms with Crippen LogP contribution in [-0.4, -0.2) is 36.6 Å². The highest BCUT2D eigenvalue weighted by atomic mass is 16.5. The number of para-hydroxylation sites is 1. The zero-order valence-corrected chi connectivity index (χ0v) is 12.0. The maximum atomic E-state index is 10.4. The fourth-order valence-corrected chi connectivity index (χ4v) is 2.36. The van der Waals surface area contributed by atoms with Crippen LogP contribution in [0.15, 0.2) is 36.9 Å². The van der Waals surface area contributed by atoms with Crippen molar-refractivity contribution in [2.24, 2.45) is 0 Å². The minimum Gasteiger partial charge on any atom is -0.489 e. The number of benzene rings is 1. The molecule has 1 fully saturated rings. The monoisotopic (exact) mass is 277 g/mol. The van der Waals surface area contributed by atoms with E-state index in [4.69, 9.17) is 9.47 Å². The molecule has 4 heteroatoms. The quantitative estimate of drug-likeness (QED) is 0.747. The molecule has 20 heavy (non-hydrogen) atoms. The van der Waals surface area contributed by atoms with Gasteiger partial charge in [0.1, 0.15) is 18.0 Å². The van der Waals surface area contributed by atoms with Crippen molar-refractivity contribution in [2.75, 3.05) is 19.8 Å². The highest BCUT2D eigenvalue weighted by molar-refractivity contribution is 5.33. The van der Waals surface area contributed by atoms with Gasteiger partial charge in [0.05, 0.1) is 6.10 Å². The van der Waals surface area contributed by atoms with Gasteiger partial charge in [0, 0.05) is 31.7 Å². The number of nitrogens with one attached hydrogen (secondary N) is 1. The second-order valence-corrected chi connectivity index (χ2v) is 5.18. The van der Waals surface area contributed by atoms with Gasteiger partial charge in [0.2, 0.25) is 0 Å². The van der Waals surface area contributed by atoms with Crippen LogP contribution >= 0.6 is 0 Å². The van der Waals surface area contributed by atoms with Crippen LogP contribution in [-0.2, 0) is 11.3 Å². The summed E-state index contributed by atoms with van der Waals surface area (Å²) in [6, 6.07) is 7.89. The summed E-state index contributed by atoms with van der Waals surface area (Å²) in [5, 5.41) is 13.7. The third-order valence-corrected chi connectivity index (χ3v) is 3.74. The molecule has 0 spiro atoms. The molecule has 1 saturated heterocycles. The Morgan fingerprint density at radius 2 is 2.35 bits per heavy atom. The van der Waals surface area contributed by atoms with Gasteiger partial charge >= 0.3 is 0 Å². The van der Waals surface area contributed by atoms with Gasteiger partial charge in [0.15, 0.2) is 0 Å². The van der Waals surface area contributed by atoms with Gasteiger partial charge in [-0.25, -0.2) is 0 Å². The average Bonchev–Trinajstić information content (AvgIpc) is 2.78. The predicted molar refractivity (Wildman–Crippen MR) is 78.8 cm³/mol. The molecule has 2 rings (SSSR count). The number of hydrogen-bond acceptors (Lipinski definition) is 4. The Balaban J connectivity index is 1.89. The molecule has 1 aliphatic heterocycles. The van der Waals surface area contributed by atoms with Crippen molar-refractivity contribution in [3.63, 3.8) is 0 Å². The minimum atomic E-state index is -0.767. The van der Waals surface area contributed by atoms with Crippen molar-refractivity contribution in [3.8, 4) is 5.75 Å². The largest absolute Gasteiger partial charge is 0.489 e. The van der Waals surface area contributed by atoms with E-state index >= 15 is 0 Å². The third-order valence-electron chi connectivity index (χ3n) is 3.74. The lowest BCUT2D eigenvalue weighted by atomic mass is 9.96. The molecular weight excluding hydrogens is 254 g/mol. The summed E-state index contributed by atoms with van der Waals surface area (Å²) < 4.78 is 11.0. The lowest BCUT2D eigenvalue weighted by Gasteiger charge is -2.26. The average molecular weight is 277 g/mol. The molecule has 4 nitrogen and oxygen atoms in total. The van der Waals surface area contributed by atoms with Crippen molar-refractivity contribution >= 4 is 0 Å². The van der Waals surface area contributed by atoms with E-state index in [-0.39, 0.29) is 6.10 Å². The van der Waals surface area contributed by atoms with Gasteiger partial charge in [-0.05, 0) is 13.0 Å². The van der Waals surface area contributed by atoms with Crippen LogP contribution < -0.4 is 10.1 Å². The highest BCUT2D eigenvalue weighted by Gasteiger charge is 2.38.